The first kappa shape index (κ1) is 30.5. The number of hydrogen-bond donors (Lipinski definition) is 3. The number of carbonyl (C=O) groups excluding carboxylic acids is 3. The second-order valence-electron chi connectivity index (χ2n) is 10.6. The maximum atomic E-state index is 13.6. The van der Waals surface area contributed by atoms with Gasteiger partial charge in [-0.05, 0) is 55.5 Å². The second-order valence-corrected chi connectivity index (χ2v) is 10.6. The van der Waals surface area contributed by atoms with Gasteiger partial charge in [-0.2, -0.15) is 0 Å². The van der Waals surface area contributed by atoms with Gasteiger partial charge in [-0.3, -0.25) is 19.8 Å². The molecular weight excluding hydrogens is 512 g/mol. The molecule has 2 aromatic rings. The number of carbonyl (C=O) groups is 3. The van der Waals surface area contributed by atoms with E-state index in [0.717, 1.165) is 11.1 Å². The van der Waals surface area contributed by atoms with E-state index in [9.17, 15) is 14.4 Å². The molecule has 2 amide bonds. The fraction of sp³-hybridized carbons (Fsp3) is 0.467. The quantitative estimate of drug-likeness (QED) is 0.253. The van der Waals surface area contributed by atoms with Gasteiger partial charge in [0.15, 0.2) is 17.3 Å². The second kappa shape index (κ2) is 12.8. The topological polar surface area (TPSA) is 144 Å². The first-order valence-electron chi connectivity index (χ1n) is 13.5. The van der Waals surface area contributed by atoms with Crippen molar-refractivity contribution in [3.05, 3.63) is 52.1 Å². The molecule has 1 aliphatic rings. The third kappa shape index (κ3) is 6.91. The highest BCUT2D eigenvalue weighted by molar-refractivity contribution is 6.07. The molecule has 0 atom stereocenters. The summed E-state index contributed by atoms with van der Waals surface area (Å²) in [5, 5.41) is 11.6. The van der Waals surface area contributed by atoms with Crippen LogP contribution in [-0.4, -0.2) is 61.7 Å². The van der Waals surface area contributed by atoms with Crippen LogP contribution in [0, 0.1) is 5.41 Å². The van der Waals surface area contributed by atoms with Crippen LogP contribution in [0.4, 0.5) is 0 Å². The Balaban J connectivity index is 1.89. The minimum Gasteiger partial charge on any atom is -0.493 e. The van der Waals surface area contributed by atoms with Crippen molar-refractivity contribution in [3.8, 4) is 17.2 Å². The molecule has 1 aliphatic heterocycles. The lowest BCUT2D eigenvalue weighted by molar-refractivity contribution is -0.118. The van der Waals surface area contributed by atoms with Gasteiger partial charge in [0, 0.05) is 36.2 Å². The van der Waals surface area contributed by atoms with Crippen LogP contribution in [0.5, 0.6) is 17.2 Å². The highest BCUT2D eigenvalue weighted by atomic mass is 16.5. The Morgan fingerprint density at radius 3 is 2.40 bits per heavy atom. The number of hydrogen-bond acceptors (Lipinski definition) is 7. The van der Waals surface area contributed by atoms with E-state index < -0.39 is 5.91 Å². The van der Waals surface area contributed by atoms with Crippen molar-refractivity contribution in [2.45, 2.75) is 59.4 Å². The monoisotopic (exact) mass is 552 g/mol. The van der Waals surface area contributed by atoms with Gasteiger partial charge >= 0.3 is 0 Å². The number of ketones is 1. The summed E-state index contributed by atoms with van der Waals surface area (Å²) in [7, 11) is 1.55. The Bertz CT molecular complexity index is 1300. The van der Waals surface area contributed by atoms with Crippen LogP contribution in [0.1, 0.15) is 84.9 Å². The minimum absolute atomic E-state index is 0.0367. The largest absolute Gasteiger partial charge is 0.493 e. The maximum absolute atomic E-state index is 13.6. The van der Waals surface area contributed by atoms with Gasteiger partial charge in [0.05, 0.1) is 32.4 Å². The first-order chi connectivity index (χ1) is 18.9. The summed E-state index contributed by atoms with van der Waals surface area (Å²) in [4.78, 5) is 39.0. The number of amidine groups is 1. The van der Waals surface area contributed by atoms with E-state index >= 15 is 0 Å². The lowest BCUT2D eigenvalue weighted by atomic mass is 9.84. The van der Waals surface area contributed by atoms with E-state index in [4.69, 9.17) is 25.4 Å². The number of ether oxygens (including phenoxy) is 3. The van der Waals surface area contributed by atoms with Crippen molar-refractivity contribution in [1.29, 1.82) is 5.41 Å². The number of nitrogens with zero attached hydrogens (tertiary/aromatic N) is 1. The van der Waals surface area contributed by atoms with Crippen molar-refractivity contribution in [3.63, 3.8) is 0 Å². The van der Waals surface area contributed by atoms with E-state index in [0.29, 0.717) is 60.1 Å². The van der Waals surface area contributed by atoms with E-state index in [1.54, 1.807) is 30.2 Å². The minimum atomic E-state index is -0.407. The number of nitrogens with two attached hydrogens (primary N) is 1. The summed E-state index contributed by atoms with van der Waals surface area (Å²) in [6.45, 7) is 11.1. The molecular formula is C30H40N4O6. The zero-order valence-corrected chi connectivity index (χ0v) is 24.2. The van der Waals surface area contributed by atoms with E-state index in [2.05, 4.69) is 5.32 Å². The molecule has 0 radical (unpaired) electrons. The van der Waals surface area contributed by atoms with Gasteiger partial charge in [0.25, 0.3) is 5.91 Å². The normalized spacial score (nSPS) is 12.7. The molecule has 1 heterocycles. The van der Waals surface area contributed by atoms with Crippen molar-refractivity contribution >= 4 is 23.4 Å². The predicted octanol–water partition coefficient (Wildman–Crippen LogP) is 3.81. The zero-order valence-electron chi connectivity index (χ0n) is 24.2. The summed E-state index contributed by atoms with van der Waals surface area (Å²) in [5.74, 6) is 0.700. The fourth-order valence-electron chi connectivity index (χ4n) is 4.60. The van der Waals surface area contributed by atoms with Crippen LogP contribution < -0.4 is 25.3 Å². The van der Waals surface area contributed by atoms with Gasteiger partial charge in [-0.1, -0.05) is 20.8 Å². The van der Waals surface area contributed by atoms with Crippen molar-refractivity contribution in [2.75, 3.05) is 33.4 Å². The lowest BCUT2D eigenvalue weighted by Crippen LogP contribution is -2.30. The van der Waals surface area contributed by atoms with Crippen LogP contribution in [0.2, 0.25) is 0 Å². The average Bonchev–Trinajstić information content (AvgIpc) is 3.19. The molecule has 0 aromatic heterocycles. The third-order valence-corrected chi connectivity index (χ3v) is 6.57. The van der Waals surface area contributed by atoms with Gasteiger partial charge in [0.2, 0.25) is 5.91 Å². The molecule has 0 spiro atoms. The number of primary amides is 1. The molecule has 10 heteroatoms. The van der Waals surface area contributed by atoms with Crippen LogP contribution in [0.15, 0.2) is 24.3 Å². The number of rotatable bonds is 13. The SMILES string of the molecule is CCNC(=O)c1cc2c(cc1OCC)CN(CC(=O)c1cc(OCCCC(N)=O)c(OC)c(C(C)(C)C)c1)C2=N. The van der Waals surface area contributed by atoms with Crippen LogP contribution >= 0.6 is 0 Å². The Morgan fingerprint density at radius 1 is 1.07 bits per heavy atom. The van der Waals surface area contributed by atoms with Crippen LogP contribution in [0.25, 0.3) is 0 Å². The van der Waals surface area contributed by atoms with Crippen molar-refractivity contribution in [1.82, 2.24) is 10.2 Å². The van der Waals surface area contributed by atoms with Gasteiger partial charge in [-0.25, -0.2) is 0 Å². The first-order valence-corrected chi connectivity index (χ1v) is 13.5. The number of amides is 2. The molecule has 40 heavy (non-hydrogen) atoms. The summed E-state index contributed by atoms with van der Waals surface area (Å²) in [6, 6.07) is 6.91. The molecule has 4 N–H and O–H groups in total. The summed E-state index contributed by atoms with van der Waals surface area (Å²) in [6.07, 6.45) is 0.629. The van der Waals surface area contributed by atoms with Crippen molar-refractivity contribution in [2.24, 2.45) is 5.73 Å². The summed E-state index contributed by atoms with van der Waals surface area (Å²) >= 11 is 0. The molecule has 3 rings (SSSR count). The molecule has 0 fully saturated rings. The smallest absolute Gasteiger partial charge is 0.255 e. The number of nitrogens with one attached hydrogen (secondary N) is 2. The van der Waals surface area contributed by atoms with E-state index in [-0.39, 0.29) is 42.5 Å². The van der Waals surface area contributed by atoms with E-state index in [1.807, 2.05) is 40.7 Å². The number of fused-ring (bicyclic) bond motifs is 1. The number of Topliss-reactive ketones (excluding diaryl/α,β-unsaturated/α-hetero) is 1. The summed E-state index contributed by atoms with van der Waals surface area (Å²) < 4.78 is 17.3. The summed E-state index contributed by atoms with van der Waals surface area (Å²) in [5.41, 5.74) is 7.90. The molecule has 0 unspecified atom stereocenters. The number of methoxy groups -OCH3 is 1. The molecule has 10 nitrogen and oxygen atoms in total. The standard InChI is InChI=1S/C30H40N4O6/c1-7-33-29(37)21-15-20-19(14-24(21)39-8-2)16-34(28(20)32)17-23(35)18-12-22(30(3,4)5)27(38-6)25(13-18)40-11-9-10-26(31)36/h12-15,32H,7-11,16-17H2,1-6H3,(H2,31,36)(H,33,37). The molecule has 216 valence electrons. The van der Waals surface area contributed by atoms with E-state index in [1.165, 1.54) is 0 Å². The van der Waals surface area contributed by atoms with Crippen LogP contribution in [-0.2, 0) is 16.8 Å². The third-order valence-electron chi connectivity index (χ3n) is 6.57. The Labute approximate surface area is 235 Å². The molecule has 0 saturated heterocycles. The Kier molecular flexibility index (Phi) is 9.78. The fourth-order valence-corrected chi connectivity index (χ4v) is 4.60. The predicted molar refractivity (Wildman–Crippen MR) is 153 cm³/mol. The van der Waals surface area contributed by atoms with Crippen molar-refractivity contribution < 1.29 is 28.6 Å². The molecule has 0 bridgehead atoms. The van der Waals surface area contributed by atoms with Crippen LogP contribution in [0.3, 0.4) is 0 Å². The molecule has 0 aliphatic carbocycles. The van der Waals surface area contributed by atoms with Gasteiger partial charge < -0.3 is 30.2 Å². The maximum Gasteiger partial charge on any atom is 0.255 e. The zero-order chi connectivity index (χ0) is 29.6. The Hall–Kier alpha value is -4.08. The molecule has 2 aromatic carbocycles. The Morgan fingerprint density at radius 2 is 1.80 bits per heavy atom. The van der Waals surface area contributed by atoms with Gasteiger partial charge in [-0.15, -0.1) is 0 Å². The molecule has 0 saturated carbocycles. The average molecular weight is 553 g/mol. The lowest BCUT2D eigenvalue weighted by Gasteiger charge is -2.25. The highest BCUT2D eigenvalue weighted by Crippen LogP contribution is 2.40. The van der Waals surface area contributed by atoms with Gasteiger partial charge in [0.1, 0.15) is 11.6 Å². The highest BCUT2D eigenvalue weighted by Gasteiger charge is 2.31. The number of benzene rings is 2.